The van der Waals surface area contributed by atoms with E-state index in [4.69, 9.17) is 4.74 Å². The molecule has 2 N–H and O–H groups in total. The first-order valence-electron chi connectivity index (χ1n) is 9.60. The van der Waals surface area contributed by atoms with Gasteiger partial charge in [0, 0.05) is 60.1 Å². The van der Waals surface area contributed by atoms with Crippen molar-refractivity contribution in [2.75, 3.05) is 31.6 Å². The van der Waals surface area contributed by atoms with Gasteiger partial charge in [-0.25, -0.2) is 0 Å². The number of anilines is 1. The number of benzene rings is 1. The summed E-state index contributed by atoms with van der Waals surface area (Å²) in [7, 11) is 0. The van der Waals surface area contributed by atoms with Crippen LogP contribution in [0.1, 0.15) is 15.9 Å². The number of rotatable bonds is 5. The van der Waals surface area contributed by atoms with Crippen LogP contribution >= 0.6 is 0 Å². The van der Waals surface area contributed by atoms with Gasteiger partial charge in [-0.2, -0.15) is 5.10 Å². The molecule has 3 aromatic rings. The Bertz CT molecular complexity index is 1040. The van der Waals surface area contributed by atoms with Crippen molar-refractivity contribution in [1.29, 1.82) is 0 Å². The molecule has 8 heteroatoms. The Balaban J connectivity index is 1.39. The minimum atomic E-state index is -0.274. The van der Waals surface area contributed by atoms with Crippen molar-refractivity contribution < 1.29 is 14.3 Å². The molecule has 1 aliphatic rings. The number of carbonyl (C=O) groups is 2. The van der Waals surface area contributed by atoms with Crippen molar-refractivity contribution in [2.45, 2.75) is 0 Å². The third-order valence-corrected chi connectivity index (χ3v) is 4.77. The first-order valence-corrected chi connectivity index (χ1v) is 9.60. The van der Waals surface area contributed by atoms with Crippen LogP contribution < -0.4 is 5.32 Å². The zero-order chi connectivity index (χ0) is 20.8. The van der Waals surface area contributed by atoms with Crippen molar-refractivity contribution in [1.82, 2.24) is 20.1 Å². The number of morpholine rings is 1. The number of pyridine rings is 1. The maximum Gasteiger partial charge on any atom is 0.254 e. The highest BCUT2D eigenvalue weighted by atomic mass is 16.5. The zero-order valence-corrected chi connectivity index (χ0v) is 16.2. The Morgan fingerprint density at radius 2 is 1.90 bits per heavy atom. The minimum absolute atomic E-state index is 0.0283. The van der Waals surface area contributed by atoms with Gasteiger partial charge in [0.25, 0.3) is 5.91 Å². The summed E-state index contributed by atoms with van der Waals surface area (Å²) in [4.78, 5) is 30.7. The van der Waals surface area contributed by atoms with Crippen LogP contribution in [0.25, 0.3) is 17.2 Å². The number of carbonyl (C=O) groups excluding carboxylic acids is 2. The smallest absolute Gasteiger partial charge is 0.254 e. The fraction of sp³-hybridized carbons (Fsp3) is 0.182. The first kappa shape index (κ1) is 19.5. The molecule has 0 atom stereocenters. The monoisotopic (exact) mass is 403 g/mol. The molecule has 1 saturated heterocycles. The van der Waals surface area contributed by atoms with Gasteiger partial charge in [0.05, 0.1) is 19.4 Å². The van der Waals surface area contributed by atoms with Crippen LogP contribution in [0.3, 0.4) is 0 Å². The SMILES string of the molecule is O=C(/C=C/c1cnccc1-c1cn[nH]c1)Nc1ccc(C(=O)N2CCOCC2)cc1. The molecule has 0 spiro atoms. The van der Waals surface area contributed by atoms with Gasteiger partial charge in [0.2, 0.25) is 5.91 Å². The van der Waals surface area contributed by atoms with E-state index in [0.29, 0.717) is 37.6 Å². The van der Waals surface area contributed by atoms with Gasteiger partial charge < -0.3 is 15.0 Å². The lowest BCUT2D eigenvalue weighted by atomic mass is 10.0. The highest BCUT2D eigenvalue weighted by Crippen LogP contribution is 2.22. The van der Waals surface area contributed by atoms with Crippen molar-refractivity contribution in [3.8, 4) is 11.1 Å². The second-order valence-corrected chi connectivity index (χ2v) is 6.75. The van der Waals surface area contributed by atoms with Crippen LogP contribution in [0, 0.1) is 0 Å². The normalized spacial score (nSPS) is 14.1. The molecule has 2 amide bonds. The van der Waals surface area contributed by atoms with Gasteiger partial charge >= 0.3 is 0 Å². The predicted octanol–water partition coefficient (Wildman–Crippen LogP) is 2.60. The van der Waals surface area contributed by atoms with E-state index >= 15 is 0 Å². The lowest BCUT2D eigenvalue weighted by molar-refractivity contribution is -0.111. The Hall–Kier alpha value is -3.78. The summed E-state index contributed by atoms with van der Waals surface area (Å²) in [5, 5.41) is 9.54. The van der Waals surface area contributed by atoms with E-state index in [0.717, 1.165) is 16.7 Å². The van der Waals surface area contributed by atoms with E-state index in [1.165, 1.54) is 6.08 Å². The van der Waals surface area contributed by atoms with Gasteiger partial charge in [-0.1, -0.05) is 0 Å². The summed E-state index contributed by atoms with van der Waals surface area (Å²) in [5.41, 5.74) is 3.85. The molecular weight excluding hydrogens is 382 g/mol. The fourth-order valence-electron chi connectivity index (χ4n) is 3.20. The molecule has 1 fully saturated rings. The number of H-pyrrole nitrogens is 1. The molecule has 3 heterocycles. The number of nitrogens with one attached hydrogen (secondary N) is 2. The number of aromatic nitrogens is 3. The number of nitrogens with zero attached hydrogens (tertiary/aromatic N) is 3. The molecule has 1 aromatic carbocycles. The van der Waals surface area contributed by atoms with E-state index in [2.05, 4.69) is 20.5 Å². The largest absolute Gasteiger partial charge is 0.378 e. The fourth-order valence-corrected chi connectivity index (χ4v) is 3.20. The van der Waals surface area contributed by atoms with E-state index in [1.54, 1.807) is 60.0 Å². The molecule has 2 aromatic heterocycles. The summed E-state index contributed by atoms with van der Waals surface area (Å²) in [6.45, 7) is 2.31. The van der Waals surface area contributed by atoms with Crippen molar-refractivity contribution in [3.63, 3.8) is 0 Å². The number of hydrogen-bond donors (Lipinski definition) is 2. The molecule has 0 unspecified atom stereocenters. The average molecular weight is 403 g/mol. The summed E-state index contributed by atoms with van der Waals surface area (Å²) < 4.78 is 5.28. The van der Waals surface area contributed by atoms with Crippen molar-refractivity contribution in [3.05, 3.63) is 72.3 Å². The quantitative estimate of drug-likeness (QED) is 0.638. The second kappa shape index (κ2) is 9.15. The van der Waals surface area contributed by atoms with Gasteiger partial charge in [-0.05, 0) is 42.0 Å². The maximum atomic E-state index is 12.5. The average Bonchev–Trinajstić information content (AvgIpc) is 3.33. The Morgan fingerprint density at radius 1 is 1.10 bits per heavy atom. The number of amides is 2. The van der Waals surface area contributed by atoms with E-state index < -0.39 is 0 Å². The van der Waals surface area contributed by atoms with Crippen molar-refractivity contribution >= 4 is 23.6 Å². The molecule has 4 rings (SSSR count). The summed E-state index contributed by atoms with van der Waals surface area (Å²) >= 11 is 0. The van der Waals surface area contributed by atoms with Crippen LogP contribution in [0.5, 0.6) is 0 Å². The second-order valence-electron chi connectivity index (χ2n) is 6.75. The number of ether oxygens (including phenoxy) is 1. The molecule has 0 saturated carbocycles. The first-order chi connectivity index (χ1) is 14.7. The highest BCUT2D eigenvalue weighted by Gasteiger charge is 2.18. The van der Waals surface area contributed by atoms with Crippen molar-refractivity contribution in [2.24, 2.45) is 0 Å². The summed E-state index contributed by atoms with van der Waals surface area (Å²) in [5.74, 6) is -0.302. The van der Waals surface area contributed by atoms with Crippen LogP contribution in [0.15, 0.2) is 61.2 Å². The van der Waals surface area contributed by atoms with E-state index in [-0.39, 0.29) is 11.8 Å². The third-order valence-electron chi connectivity index (χ3n) is 4.77. The highest BCUT2D eigenvalue weighted by molar-refractivity contribution is 6.03. The third kappa shape index (κ3) is 4.61. The molecule has 30 heavy (non-hydrogen) atoms. The Labute approximate surface area is 173 Å². The molecule has 0 radical (unpaired) electrons. The lowest BCUT2D eigenvalue weighted by Crippen LogP contribution is -2.40. The zero-order valence-electron chi connectivity index (χ0n) is 16.2. The number of hydrogen-bond acceptors (Lipinski definition) is 5. The standard InChI is InChI=1S/C22H21N5O3/c28-21(6-3-17-13-23-8-7-20(17)18-14-24-25-15-18)26-19-4-1-16(2-5-19)22(29)27-9-11-30-12-10-27/h1-8,13-15H,9-12H2,(H,24,25)(H,26,28)/b6-3+. The predicted molar refractivity (Wildman–Crippen MR) is 113 cm³/mol. The summed E-state index contributed by atoms with van der Waals surface area (Å²) in [6.07, 6.45) is 10.0. The Morgan fingerprint density at radius 3 is 2.63 bits per heavy atom. The van der Waals surface area contributed by atoms with Gasteiger partial charge in [0.15, 0.2) is 0 Å². The van der Waals surface area contributed by atoms with Crippen LogP contribution in [-0.2, 0) is 9.53 Å². The number of aromatic amines is 1. The minimum Gasteiger partial charge on any atom is -0.378 e. The Kier molecular flexibility index (Phi) is 5.95. The lowest BCUT2D eigenvalue weighted by Gasteiger charge is -2.26. The van der Waals surface area contributed by atoms with E-state index in [9.17, 15) is 9.59 Å². The van der Waals surface area contributed by atoms with E-state index in [1.807, 2.05) is 6.07 Å². The molecule has 0 aliphatic carbocycles. The topological polar surface area (TPSA) is 100 Å². The van der Waals surface area contributed by atoms with Gasteiger partial charge in [-0.15, -0.1) is 0 Å². The molecular formula is C22H21N5O3. The molecule has 0 bridgehead atoms. The molecule has 152 valence electrons. The summed E-state index contributed by atoms with van der Waals surface area (Å²) in [6, 6.07) is 8.75. The van der Waals surface area contributed by atoms with Crippen LogP contribution in [0.2, 0.25) is 0 Å². The van der Waals surface area contributed by atoms with Crippen LogP contribution in [-0.4, -0.2) is 58.2 Å². The maximum absolute atomic E-state index is 12.5. The molecule has 8 nitrogen and oxygen atoms in total. The van der Waals surface area contributed by atoms with Crippen LogP contribution in [0.4, 0.5) is 5.69 Å². The van der Waals surface area contributed by atoms with Gasteiger partial charge in [0.1, 0.15) is 0 Å². The van der Waals surface area contributed by atoms with Gasteiger partial charge in [-0.3, -0.25) is 19.7 Å². The molecule has 1 aliphatic heterocycles.